The number of aliphatic hydroxyl groups is 2. The maximum Gasteiger partial charge on any atom is 0.374 e. The Balaban J connectivity index is 4.93. The molecule has 0 radical (unpaired) electrons. The molecule has 0 bridgehead atoms. The number of ketones is 3. The van der Waals surface area contributed by atoms with Crippen molar-refractivity contribution in [1.29, 1.82) is 0 Å². The van der Waals surface area contributed by atoms with Crippen LogP contribution in [0.2, 0.25) is 0 Å². The van der Waals surface area contributed by atoms with Crippen molar-refractivity contribution < 1.29 is 67.4 Å². The van der Waals surface area contributed by atoms with E-state index in [9.17, 15) is 39.0 Å². The molecule has 0 aliphatic rings. The topological polar surface area (TPSA) is 198 Å². The molecule has 14 nitrogen and oxygen atoms in total. The molecule has 0 amide bonds. The predicted octanol–water partition coefficient (Wildman–Crippen LogP) is -0.136. The van der Waals surface area contributed by atoms with Gasteiger partial charge in [0.2, 0.25) is 17.3 Å². The van der Waals surface area contributed by atoms with Gasteiger partial charge in [0.05, 0.1) is 46.2 Å². The zero-order valence-corrected chi connectivity index (χ0v) is 23.4. The number of ether oxygens (including phenoxy) is 6. The molecule has 0 aliphatic heterocycles. The quantitative estimate of drug-likeness (QED) is 0.0628. The second-order valence-corrected chi connectivity index (χ2v) is 8.37. The van der Waals surface area contributed by atoms with Gasteiger partial charge in [-0.1, -0.05) is 20.8 Å². The Morgan fingerprint density at radius 1 is 0.600 bits per heavy atom. The standard InChI is InChI=1S/C26H42O14/c1-4-18(28)24(32)38-13-7-10-35-17-22(36-11-8-14-39-25(33)19(29)5-2)23(21(31)16-27)37-12-9-15-40-26(34)20(30)6-3/h21-23,27,31H,4-17H2,1-3H3. The number of hydrogen-bond acceptors (Lipinski definition) is 14. The van der Waals surface area contributed by atoms with Crippen LogP contribution in [-0.4, -0.2) is 117 Å². The molecule has 3 atom stereocenters. The van der Waals surface area contributed by atoms with Gasteiger partial charge in [0.1, 0.15) is 18.3 Å². The van der Waals surface area contributed by atoms with E-state index in [0.29, 0.717) is 0 Å². The lowest BCUT2D eigenvalue weighted by molar-refractivity contribution is -0.160. The largest absolute Gasteiger partial charge is 0.460 e. The average Bonchev–Trinajstić information content (AvgIpc) is 2.97. The Bertz CT molecular complexity index is 796. The molecule has 40 heavy (non-hydrogen) atoms. The Morgan fingerprint density at radius 3 is 1.40 bits per heavy atom. The van der Waals surface area contributed by atoms with E-state index in [0.717, 1.165) is 0 Å². The van der Waals surface area contributed by atoms with Crippen molar-refractivity contribution >= 4 is 35.3 Å². The monoisotopic (exact) mass is 578 g/mol. The molecule has 0 saturated carbocycles. The maximum atomic E-state index is 11.5. The summed E-state index contributed by atoms with van der Waals surface area (Å²) < 4.78 is 31.6. The van der Waals surface area contributed by atoms with Gasteiger partial charge in [-0.3, -0.25) is 14.4 Å². The molecule has 3 unspecified atom stereocenters. The van der Waals surface area contributed by atoms with Crippen molar-refractivity contribution in [1.82, 2.24) is 0 Å². The Kier molecular flexibility index (Phi) is 21.4. The van der Waals surface area contributed by atoms with Crippen LogP contribution in [0.4, 0.5) is 0 Å². The van der Waals surface area contributed by atoms with Gasteiger partial charge >= 0.3 is 17.9 Å². The molecule has 2 N–H and O–H groups in total. The van der Waals surface area contributed by atoms with Crippen LogP contribution in [0, 0.1) is 0 Å². The first kappa shape index (κ1) is 37.2. The zero-order chi connectivity index (χ0) is 30.3. The predicted molar refractivity (Wildman–Crippen MR) is 136 cm³/mol. The van der Waals surface area contributed by atoms with Crippen LogP contribution in [0.5, 0.6) is 0 Å². The van der Waals surface area contributed by atoms with Gasteiger partial charge in [-0.15, -0.1) is 0 Å². The summed E-state index contributed by atoms with van der Waals surface area (Å²) in [5.74, 6) is -4.76. The third-order valence-corrected chi connectivity index (χ3v) is 5.21. The lowest BCUT2D eigenvalue weighted by Gasteiger charge is -2.30. The first-order valence-electron chi connectivity index (χ1n) is 13.3. The van der Waals surface area contributed by atoms with Crippen LogP contribution in [0.3, 0.4) is 0 Å². The summed E-state index contributed by atoms with van der Waals surface area (Å²) in [4.78, 5) is 68.2. The Hall–Kier alpha value is -2.78. The lowest BCUT2D eigenvalue weighted by Crippen LogP contribution is -2.46. The van der Waals surface area contributed by atoms with E-state index in [1.54, 1.807) is 6.92 Å². The highest BCUT2D eigenvalue weighted by molar-refractivity contribution is 6.34. The van der Waals surface area contributed by atoms with Gasteiger partial charge in [0, 0.05) is 45.1 Å². The fourth-order valence-electron chi connectivity index (χ4n) is 2.91. The number of carbonyl (C=O) groups is 6. The molecular formula is C26H42O14. The summed E-state index contributed by atoms with van der Waals surface area (Å²) in [6.45, 7) is 3.70. The van der Waals surface area contributed by atoms with Crippen molar-refractivity contribution in [3.8, 4) is 0 Å². The van der Waals surface area contributed by atoms with Crippen LogP contribution >= 0.6 is 0 Å². The zero-order valence-electron chi connectivity index (χ0n) is 23.4. The minimum atomic E-state index is -1.38. The summed E-state index contributed by atoms with van der Waals surface area (Å²) >= 11 is 0. The molecule has 0 saturated heterocycles. The fraction of sp³-hybridized carbons (Fsp3) is 0.769. The number of carbonyl (C=O) groups excluding carboxylic acids is 6. The van der Waals surface area contributed by atoms with Gasteiger partial charge < -0.3 is 38.6 Å². The Labute approximate surface area is 233 Å². The highest BCUT2D eigenvalue weighted by Crippen LogP contribution is 2.12. The van der Waals surface area contributed by atoms with E-state index in [-0.39, 0.29) is 84.8 Å². The molecule has 14 heteroatoms. The molecule has 0 spiro atoms. The molecule has 0 aromatic carbocycles. The average molecular weight is 579 g/mol. The summed E-state index contributed by atoms with van der Waals surface area (Å²) in [7, 11) is 0. The Morgan fingerprint density at radius 2 is 1.00 bits per heavy atom. The van der Waals surface area contributed by atoms with Crippen LogP contribution in [-0.2, 0) is 57.2 Å². The second-order valence-electron chi connectivity index (χ2n) is 8.37. The molecule has 0 aliphatic carbocycles. The van der Waals surface area contributed by atoms with E-state index in [4.69, 9.17) is 28.4 Å². The van der Waals surface area contributed by atoms with Crippen LogP contribution in [0.25, 0.3) is 0 Å². The van der Waals surface area contributed by atoms with Crippen LogP contribution < -0.4 is 0 Å². The summed E-state index contributed by atoms with van der Waals surface area (Å²) in [5, 5.41) is 19.9. The minimum absolute atomic E-state index is 0.0204. The summed E-state index contributed by atoms with van der Waals surface area (Å²) in [5.41, 5.74) is 0. The van der Waals surface area contributed by atoms with Gasteiger partial charge in [-0.2, -0.15) is 0 Å². The number of aliphatic hydroxyl groups excluding tert-OH is 2. The molecule has 0 heterocycles. The van der Waals surface area contributed by atoms with E-state index in [1.807, 2.05) is 0 Å². The van der Waals surface area contributed by atoms with Crippen molar-refractivity contribution in [2.75, 3.05) is 52.9 Å². The van der Waals surface area contributed by atoms with Gasteiger partial charge in [0.25, 0.3) is 0 Å². The third-order valence-electron chi connectivity index (χ3n) is 5.21. The van der Waals surface area contributed by atoms with Crippen molar-refractivity contribution in [2.24, 2.45) is 0 Å². The SMILES string of the molecule is CCC(=O)C(=O)OCCCOCC(OCCCOC(=O)C(=O)CC)C(OCCCOC(=O)C(=O)CC)C(O)CO. The normalized spacial score (nSPS) is 13.1. The van der Waals surface area contributed by atoms with Crippen molar-refractivity contribution in [3.63, 3.8) is 0 Å². The van der Waals surface area contributed by atoms with Crippen LogP contribution in [0.1, 0.15) is 59.3 Å². The highest BCUT2D eigenvalue weighted by atomic mass is 16.6. The van der Waals surface area contributed by atoms with E-state index >= 15 is 0 Å². The molecule has 0 fully saturated rings. The maximum absolute atomic E-state index is 11.5. The molecule has 0 aromatic rings. The smallest absolute Gasteiger partial charge is 0.374 e. The second kappa shape index (κ2) is 23.0. The highest BCUT2D eigenvalue weighted by Gasteiger charge is 2.30. The van der Waals surface area contributed by atoms with E-state index < -0.39 is 60.2 Å². The first-order chi connectivity index (χ1) is 19.1. The van der Waals surface area contributed by atoms with Gasteiger partial charge in [-0.25, -0.2) is 14.4 Å². The van der Waals surface area contributed by atoms with Gasteiger partial charge in [0.15, 0.2) is 0 Å². The van der Waals surface area contributed by atoms with Crippen molar-refractivity contribution in [2.45, 2.75) is 77.6 Å². The third kappa shape index (κ3) is 16.4. The van der Waals surface area contributed by atoms with E-state index in [1.165, 1.54) is 13.8 Å². The number of rotatable bonds is 25. The summed E-state index contributed by atoms with van der Waals surface area (Å²) in [6, 6.07) is 0. The first-order valence-corrected chi connectivity index (χ1v) is 13.3. The van der Waals surface area contributed by atoms with E-state index in [2.05, 4.69) is 0 Å². The van der Waals surface area contributed by atoms with Crippen LogP contribution in [0.15, 0.2) is 0 Å². The number of esters is 3. The fourth-order valence-corrected chi connectivity index (χ4v) is 2.91. The van der Waals surface area contributed by atoms with Crippen molar-refractivity contribution in [3.05, 3.63) is 0 Å². The molecular weight excluding hydrogens is 536 g/mol. The summed E-state index contributed by atoms with van der Waals surface area (Å²) in [6.07, 6.45) is -2.62. The van der Waals surface area contributed by atoms with Gasteiger partial charge in [-0.05, 0) is 0 Å². The minimum Gasteiger partial charge on any atom is -0.460 e. The molecule has 0 aromatic heterocycles. The number of hydrogen-bond donors (Lipinski definition) is 2. The molecule has 0 rings (SSSR count). The lowest BCUT2D eigenvalue weighted by atomic mass is 10.1. The molecule has 230 valence electrons. The number of Topliss-reactive ketones (excluding diaryl/α,β-unsaturated/α-hetero) is 3.